The Morgan fingerprint density at radius 3 is 2.17 bits per heavy atom. The summed E-state index contributed by atoms with van der Waals surface area (Å²) in [6, 6.07) is 13.8. The smallest absolute Gasteiger partial charge is 0.265 e. The van der Waals surface area contributed by atoms with Gasteiger partial charge >= 0.3 is 0 Å². The molecule has 0 bridgehead atoms. The fourth-order valence-corrected chi connectivity index (χ4v) is 2.24. The quantitative estimate of drug-likeness (QED) is 0.858. The molecule has 23 heavy (non-hydrogen) atoms. The van der Waals surface area contributed by atoms with Gasteiger partial charge in [0, 0.05) is 5.69 Å². The van der Waals surface area contributed by atoms with Gasteiger partial charge in [-0.2, -0.15) is 0 Å². The van der Waals surface area contributed by atoms with E-state index in [-0.39, 0.29) is 5.91 Å². The Labute approximate surface area is 138 Å². The van der Waals surface area contributed by atoms with Crippen LogP contribution in [0.3, 0.4) is 0 Å². The number of nitrogens with one attached hydrogen (secondary N) is 1. The summed E-state index contributed by atoms with van der Waals surface area (Å²) in [5.41, 5.74) is 4.40. The summed E-state index contributed by atoms with van der Waals surface area (Å²) in [5, 5.41) is 2.89. The van der Waals surface area contributed by atoms with Gasteiger partial charge in [0.1, 0.15) is 5.75 Å². The normalized spacial score (nSPS) is 12.1. The molecule has 2 aromatic rings. The van der Waals surface area contributed by atoms with E-state index < -0.39 is 6.10 Å². The van der Waals surface area contributed by atoms with Gasteiger partial charge in [0.2, 0.25) is 0 Å². The van der Waals surface area contributed by atoms with Gasteiger partial charge < -0.3 is 10.1 Å². The molecule has 0 aliphatic rings. The number of ether oxygens (including phenoxy) is 1. The molecule has 3 heteroatoms. The topological polar surface area (TPSA) is 38.3 Å². The fraction of sp³-hybridized carbons (Fsp3) is 0.350. The van der Waals surface area contributed by atoms with Gasteiger partial charge in [-0.25, -0.2) is 0 Å². The van der Waals surface area contributed by atoms with Crippen molar-refractivity contribution in [3.05, 3.63) is 59.2 Å². The van der Waals surface area contributed by atoms with Gasteiger partial charge in [-0.3, -0.25) is 4.79 Å². The highest BCUT2D eigenvalue weighted by atomic mass is 16.5. The first-order valence-corrected chi connectivity index (χ1v) is 8.01. The largest absolute Gasteiger partial charge is 0.481 e. The molecule has 0 radical (unpaired) electrons. The molecule has 0 spiro atoms. The Morgan fingerprint density at radius 1 is 0.957 bits per heavy atom. The second kappa shape index (κ2) is 7.32. The molecule has 2 aromatic carbocycles. The average molecular weight is 311 g/mol. The van der Waals surface area contributed by atoms with Crippen molar-refractivity contribution in [3.8, 4) is 5.75 Å². The van der Waals surface area contributed by atoms with Crippen molar-refractivity contribution in [2.45, 2.75) is 46.6 Å². The molecule has 1 N–H and O–H groups in total. The maximum atomic E-state index is 12.3. The molecule has 122 valence electrons. The molecule has 3 nitrogen and oxygen atoms in total. The van der Waals surface area contributed by atoms with Crippen LogP contribution in [0.2, 0.25) is 0 Å². The number of aryl methyl sites for hydroxylation is 2. The van der Waals surface area contributed by atoms with E-state index in [0.717, 1.165) is 11.3 Å². The molecule has 0 aromatic heterocycles. The average Bonchev–Trinajstić information content (AvgIpc) is 2.51. The lowest BCUT2D eigenvalue weighted by atomic mass is 10.0. The van der Waals surface area contributed by atoms with Crippen molar-refractivity contribution in [1.82, 2.24) is 0 Å². The third-order valence-electron chi connectivity index (χ3n) is 4.01. The van der Waals surface area contributed by atoms with Crippen LogP contribution >= 0.6 is 0 Å². The van der Waals surface area contributed by atoms with E-state index in [1.54, 1.807) is 6.92 Å². The van der Waals surface area contributed by atoms with Crippen LogP contribution in [0.5, 0.6) is 5.75 Å². The first-order chi connectivity index (χ1) is 10.9. The van der Waals surface area contributed by atoms with Crippen LogP contribution in [0.1, 0.15) is 43.4 Å². The third-order valence-corrected chi connectivity index (χ3v) is 4.01. The van der Waals surface area contributed by atoms with Crippen LogP contribution in [0.15, 0.2) is 42.5 Å². The maximum absolute atomic E-state index is 12.3. The van der Waals surface area contributed by atoms with Gasteiger partial charge in [0.15, 0.2) is 6.10 Å². The van der Waals surface area contributed by atoms with Crippen LogP contribution in [0, 0.1) is 13.8 Å². The Balaban J connectivity index is 1.97. The van der Waals surface area contributed by atoms with Crippen LogP contribution in [-0.2, 0) is 4.79 Å². The second-order valence-corrected chi connectivity index (χ2v) is 6.27. The van der Waals surface area contributed by atoms with Crippen molar-refractivity contribution >= 4 is 11.6 Å². The van der Waals surface area contributed by atoms with Gasteiger partial charge in [0.25, 0.3) is 5.91 Å². The van der Waals surface area contributed by atoms with E-state index >= 15 is 0 Å². The fourth-order valence-electron chi connectivity index (χ4n) is 2.24. The highest BCUT2D eigenvalue weighted by Gasteiger charge is 2.15. The molecule has 1 amide bonds. The van der Waals surface area contributed by atoms with E-state index in [2.05, 4.69) is 26.1 Å². The molecule has 0 heterocycles. The van der Waals surface area contributed by atoms with Gasteiger partial charge in [-0.05, 0) is 67.6 Å². The number of rotatable bonds is 5. The SMILES string of the molecule is Cc1ccc(O[C@H](C)C(=O)Nc2ccc(C(C)C)cc2)cc1C. The Kier molecular flexibility index (Phi) is 5.43. The zero-order valence-electron chi connectivity index (χ0n) is 14.5. The van der Waals surface area contributed by atoms with Crippen molar-refractivity contribution < 1.29 is 9.53 Å². The molecule has 0 saturated carbocycles. The predicted octanol–water partition coefficient (Wildman–Crippen LogP) is 4.83. The summed E-state index contributed by atoms with van der Waals surface area (Å²) < 4.78 is 5.73. The van der Waals surface area contributed by atoms with E-state index in [9.17, 15) is 4.79 Å². The van der Waals surface area contributed by atoms with Gasteiger partial charge in [-0.1, -0.05) is 32.0 Å². The zero-order chi connectivity index (χ0) is 17.0. The number of hydrogen-bond donors (Lipinski definition) is 1. The van der Waals surface area contributed by atoms with Crippen LogP contribution in [0.4, 0.5) is 5.69 Å². The maximum Gasteiger partial charge on any atom is 0.265 e. The van der Waals surface area contributed by atoms with E-state index in [0.29, 0.717) is 11.7 Å². The molecule has 0 unspecified atom stereocenters. The molecule has 2 rings (SSSR count). The Hall–Kier alpha value is -2.29. The first kappa shape index (κ1) is 17.1. The van der Waals surface area contributed by atoms with Crippen molar-refractivity contribution in [2.75, 3.05) is 5.32 Å². The summed E-state index contributed by atoms with van der Waals surface area (Å²) in [7, 11) is 0. The monoisotopic (exact) mass is 311 g/mol. The second-order valence-electron chi connectivity index (χ2n) is 6.27. The Bertz CT molecular complexity index is 675. The van der Waals surface area contributed by atoms with Crippen molar-refractivity contribution in [2.24, 2.45) is 0 Å². The van der Waals surface area contributed by atoms with Gasteiger partial charge in [-0.15, -0.1) is 0 Å². The number of hydrogen-bond acceptors (Lipinski definition) is 2. The highest BCUT2D eigenvalue weighted by molar-refractivity contribution is 5.94. The predicted molar refractivity (Wildman–Crippen MR) is 95.2 cm³/mol. The molecule has 0 aliphatic carbocycles. The summed E-state index contributed by atoms with van der Waals surface area (Å²) in [5.74, 6) is 1.04. The number of amides is 1. The molecule has 1 atom stereocenters. The first-order valence-electron chi connectivity index (χ1n) is 8.01. The van der Waals surface area contributed by atoms with E-state index in [1.807, 2.05) is 49.4 Å². The minimum atomic E-state index is -0.554. The summed E-state index contributed by atoms with van der Waals surface area (Å²) >= 11 is 0. The van der Waals surface area contributed by atoms with Crippen LogP contribution < -0.4 is 10.1 Å². The molecular formula is C20H25NO2. The van der Waals surface area contributed by atoms with Crippen molar-refractivity contribution in [1.29, 1.82) is 0 Å². The molecular weight excluding hydrogens is 286 g/mol. The molecule has 0 aliphatic heterocycles. The van der Waals surface area contributed by atoms with Crippen LogP contribution in [0.25, 0.3) is 0 Å². The third kappa shape index (κ3) is 4.59. The van der Waals surface area contributed by atoms with Crippen LogP contribution in [-0.4, -0.2) is 12.0 Å². The summed E-state index contributed by atoms with van der Waals surface area (Å²) in [4.78, 5) is 12.3. The minimum Gasteiger partial charge on any atom is -0.481 e. The van der Waals surface area contributed by atoms with Gasteiger partial charge in [0.05, 0.1) is 0 Å². The number of carbonyl (C=O) groups is 1. The minimum absolute atomic E-state index is 0.152. The summed E-state index contributed by atoms with van der Waals surface area (Å²) in [6.45, 7) is 10.1. The van der Waals surface area contributed by atoms with E-state index in [4.69, 9.17) is 4.74 Å². The lowest BCUT2D eigenvalue weighted by Gasteiger charge is -2.16. The van der Waals surface area contributed by atoms with Crippen molar-refractivity contribution in [3.63, 3.8) is 0 Å². The number of anilines is 1. The molecule has 0 fully saturated rings. The Morgan fingerprint density at radius 2 is 1.61 bits per heavy atom. The number of carbonyl (C=O) groups excluding carboxylic acids is 1. The highest BCUT2D eigenvalue weighted by Crippen LogP contribution is 2.19. The standard InChI is InChI=1S/C20H25NO2/c1-13(2)17-7-9-18(10-8-17)21-20(22)16(5)23-19-11-6-14(3)15(4)12-19/h6-13,16H,1-5H3,(H,21,22)/t16-/m1/s1. The lowest BCUT2D eigenvalue weighted by molar-refractivity contribution is -0.122. The molecule has 0 saturated heterocycles. The van der Waals surface area contributed by atoms with E-state index in [1.165, 1.54) is 11.1 Å². The zero-order valence-corrected chi connectivity index (χ0v) is 14.5. The lowest BCUT2D eigenvalue weighted by Crippen LogP contribution is -2.30. The summed E-state index contributed by atoms with van der Waals surface area (Å²) in [6.07, 6.45) is -0.554. The number of benzene rings is 2.